The molecular weight excluding hydrogens is 244 g/mol. The van der Waals surface area contributed by atoms with Gasteiger partial charge in [0, 0.05) is 26.2 Å². The van der Waals surface area contributed by atoms with Crippen molar-refractivity contribution in [1.82, 2.24) is 10.2 Å². The normalized spacial score (nSPS) is 22.2. The molecule has 2 fully saturated rings. The predicted octanol–water partition coefficient (Wildman–Crippen LogP) is 0.491. The quantitative estimate of drug-likeness (QED) is 0.761. The molecule has 0 radical (unpaired) electrons. The molecule has 102 valence electrons. The summed E-state index contributed by atoms with van der Waals surface area (Å²) in [5.74, 6) is 0.695. The third-order valence-corrected chi connectivity index (χ3v) is 3.84. The number of urea groups is 1. The fourth-order valence-electron chi connectivity index (χ4n) is 2.81. The molecule has 3 N–H and O–H groups in total. The Hall–Kier alpha value is -2.11. The maximum Gasteiger partial charge on any atom is 0.317 e. The van der Waals surface area contributed by atoms with Crippen LogP contribution < -0.4 is 20.7 Å². The number of fused-ring (bicyclic) bond motifs is 1. The number of carbonyl (C=O) groups is 1. The fraction of sp³-hybridized carbons (Fsp3) is 0.462. The third kappa shape index (κ3) is 1.93. The van der Waals surface area contributed by atoms with Crippen LogP contribution in [-0.4, -0.2) is 50.3 Å². The van der Waals surface area contributed by atoms with E-state index in [4.69, 9.17) is 10.5 Å². The Balaban J connectivity index is 1.83. The van der Waals surface area contributed by atoms with Crippen LogP contribution >= 0.6 is 0 Å². The van der Waals surface area contributed by atoms with E-state index in [0.717, 1.165) is 25.3 Å². The van der Waals surface area contributed by atoms with Crippen molar-refractivity contribution in [2.75, 3.05) is 43.9 Å². The molecule has 2 amide bonds. The molecule has 2 aliphatic rings. The Morgan fingerprint density at radius 3 is 3.05 bits per heavy atom. The van der Waals surface area contributed by atoms with E-state index in [1.807, 2.05) is 23.1 Å². The molecule has 2 saturated heterocycles. The molecule has 2 aliphatic heterocycles. The highest BCUT2D eigenvalue weighted by Gasteiger charge is 2.35. The van der Waals surface area contributed by atoms with Crippen LogP contribution in [-0.2, 0) is 0 Å². The van der Waals surface area contributed by atoms with Crippen LogP contribution in [0, 0.1) is 0 Å². The van der Waals surface area contributed by atoms with E-state index in [-0.39, 0.29) is 12.1 Å². The lowest BCUT2D eigenvalue weighted by Gasteiger charge is -2.38. The maximum atomic E-state index is 11.6. The molecule has 0 aliphatic carbocycles. The van der Waals surface area contributed by atoms with E-state index in [2.05, 4.69) is 10.2 Å². The second-order valence-electron chi connectivity index (χ2n) is 4.87. The minimum atomic E-state index is 0.0447. The van der Waals surface area contributed by atoms with Gasteiger partial charge in [0.15, 0.2) is 0 Å². The second kappa shape index (κ2) is 4.53. The highest BCUT2D eigenvalue weighted by molar-refractivity contribution is 5.78. The summed E-state index contributed by atoms with van der Waals surface area (Å²) in [5, 5.41) is 2.88. The second-order valence-corrected chi connectivity index (χ2v) is 4.87. The van der Waals surface area contributed by atoms with Crippen molar-refractivity contribution in [2.24, 2.45) is 0 Å². The number of nitrogens with one attached hydrogen (secondary N) is 1. The standard InChI is InChI=1S/C13H18N4O2/c1-19-11-4-2-3-10(12(11)14)16-5-6-17-9(8-16)7-15-13(17)18/h2-4,9H,5-8,14H2,1H3,(H,15,18). The monoisotopic (exact) mass is 262 g/mol. The first-order chi connectivity index (χ1) is 9.20. The van der Waals surface area contributed by atoms with Crippen LogP contribution in [0.1, 0.15) is 0 Å². The Morgan fingerprint density at radius 2 is 2.26 bits per heavy atom. The number of amides is 2. The number of rotatable bonds is 2. The van der Waals surface area contributed by atoms with Gasteiger partial charge in [0.05, 0.1) is 24.5 Å². The van der Waals surface area contributed by atoms with Crippen molar-refractivity contribution in [3.8, 4) is 5.75 Å². The van der Waals surface area contributed by atoms with Crippen molar-refractivity contribution in [1.29, 1.82) is 0 Å². The lowest BCUT2D eigenvalue weighted by atomic mass is 10.1. The molecule has 2 heterocycles. The molecule has 6 nitrogen and oxygen atoms in total. The van der Waals surface area contributed by atoms with Crippen molar-refractivity contribution in [3.05, 3.63) is 18.2 Å². The van der Waals surface area contributed by atoms with Gasteiger partial charge in [0.25, 0.3) is 0 Å². The van der Waals surface area contributed by atoms with Crippen LogP contribution in [0.3, 0.4) is 0 Å². The van der Waals surface area contributed by atoms with Crippen molar-refractivity contribution in [3.63, 3.8) is 0 Å². The van der Waals surface area contributed by atoms with E-state index in [0.29, 0.717) is 18.0 Å². The van der Waals surface area contributed by atoms with Gasteiger partial charge in [-0.1, -0.05) is 6.07 Å². The molecular formula is C13H18N4O2. The molecule has 1 atom stereocenters. The van der Waals surface area contributed by atoms with Crippen LogP contribution in [0.2, 0.25) is 0 Å². The molecule has 1 unspecified atom stereocenters. The number of hydrogen-bond acceptors (Lipinski definition) is 4. The first kappa shape index (κ1) is 12.0. The number of ether oxygens (including phenoxy) is 1. The van der Waals surface area contributed by atoms with E-state index < -0.39 is 0 Å². The minimum Gasteiger partial charge on any atom is -0.495 e. The van der Waals surface area contributed by atoms with Crippen LogP contribution in [0.25, 0.3) is 0 Å². The average molecular weight is 262 g/mol. The van der Waals surface area contributed by atoms with Gasteiger partial charge in [-0.3, -0.25) is 0 Å². The number of para-hydroxylation sites is 1. The van der Waals surface area contributed by atoms with Gasteiger partial charge in [0.1, 0.15) is 5.75 Å². The van der Waals surface area contributed by atoms with Crippen molar-refractivity contribution in [2.45, 2.75) is 6.04 Å². The maximum absolute atomic E-state index is 11.6. The highest BCUT2D eigenvalue weighted by atomic mass is 16.5. The van der Waals surface area contributed by atoms with Gasteiger partial charge < -0.3 is 25.6 Å². The number of nitrogen functional groups attached to an aromatic ring is 1. The summed E-state index contributed by atoms with van der Waals surface area (Å²) in [6.07, 6.45) is 0. The Bertz CT molecular complexity index is 505. The summed E-state index contributed by atoms with van der Waals surface area (Å²) < 4.78 is 5.25. The molecule has 1 aromatic rings. The number of piperazine rings is 1. The summed E-state index contributed by atoms with van der Waals surface area (Å²) in [4.78, 5) is 15.7. The van der Waals surface area contributed by atoms with Crippen LogP contribution in [0.4, 0.5) is 16.2 Å². The first-order valence-electron chi connectivity index (χ1n) is 6.42. The SMILES string of the molecule is COc1cccc(N2CCN3C(=O)NCC3C2)c1N. The van der Waals surface area contributed by atoms with Gasteiger partial charge in [-0.15, -0.1) is 0 Å². The lowest BCUT2D eigenvalue weighted by Crippen LogP contribution is -2.52. The number of carbonyl (C=O) groups excluding carboxylic acids is 1. The fourth-order valence-corrected chi connectivity index (χ4v) is 2.81. The summed E-state index contributed by atoms with van der Waals surface area (Å²) >= 11 is 0. The zero-order valence-corrected chi connectivity index (χ0v) is 10.9. The highest BCUT2D eigenvalue weighted by Crippen LogP contribution is 2.33. The molecule has 0 spiro atoms. The van der Waals surface area contributed by atoms with Gasteiger partial charge >= 0.3 is 6.03 Å². The van der Waals surface area contributed by atoms with Crippen LogP contribution in [0.15, 0.2) is 18.2 Å². The predicted molar refractivity (Wildman–Crippen MR) is 73.5 cm³/mol. The number of methoxy groups -OCH3 is 1. The summed E-state index contributed by atoms with van der Waals surface area (Å²) in [7, 11) is 1.62. The molecule has 0 bridgehead atoms. The number of nitrogens with two attached hydrogens (primary N) is 1. The van der Waals surface area contributed by atoms with Gasteiger partial charge in [-0.2, -0.15) is 0 Å². The molecule has 6 heteroatoms. The van der Waals surface area contributed by atoms with E-state index in [9.17, 15) is 4.79 Å². The number of hydrogen-bond donors (Lipinski definition) is 2. The Kier molecular flexibility index (Phi) is 2.85. The number of benzene rings is 1. The Labute approximate surface area is 112 Å². The molecule has 19 heavy (non-hydrogen) atoms. The minimum absolute atomic E-state index is 0.0447. The van der Waals surface area contributed by atoms with Crippen molar-refractivity contribution >= 4 is 17.4 Å². The van der Waals surface area contributed by atoms with Gasteiger partial charge in [0.2, 0.25) is 0 Å². The third-order valence-electron chi connectivity index (χ3n) is 3.84. The topological polar surface area (TPSA) is 70.8 Å². The van der Waals surface area contributed by atoms with E-state index in [1.165, 1.54) is 0 Å². The first-order valence-corrected chi connectivity index (χ1v) is 6.42. The summed E-state index contributed by atoms with van der Waals surface area (Å²) in [6, 6.07) is 6.07. The van der Waals surface area contributed by atoms with Crippen molar-refractivity contribution < 1.29 is 9.53 Å². The van der Waals surface area contributed by atoms with Gasteiger partial charge in [-0.05, 0) is 12.1 Å². The molecule has 0 aromatic heterocycles. The average Bonchev–Trinajstić information content (AvgIpc) is 2.80. The van der Waals surface area contributed by atoms with Gasteiger partial charge in [-0.25, -0.2) is 4.79 Å². The zero-order valence-electron chi connectivity index (χ0n) is 10.9. The lowest BCUT2D eigenvalue weighted by molar-refractivity contribution is 0.197. The summed E-state index contributed by atoms with van der Waals surface area (Å²) in [5.41, 5.74) is 7.77. The van der Waals surface area contributed by atoms with E-state index in [1.54, 1.807) is 7.11 Å². The van der Waals surface area contributed by atoms with E-state index >= 15 is 0 Å². The molecule has 1 aromatic carbocycles. The van der Waals surface area contributed by atoms with Crippen LogP contribution in [0.5, 0.6) is 5.75 Å². The molecule has 0 saturated carbocycles. The smallest absolute Gasteiger partial charge is 0.317 e. The Morgan fingerprint density at radius 1 is 1.42 bits per heavy atom. The molecule has 3 rings (SSSR count). The summed E-state index contributed by atoms with van der Waals surface area (Å²) in [6.45, 7) is 3.03. The zero-order chi connectivity index (χ0) is 13.4. The number of anilines is 2. The number of nitrogens with zero attached hydrogens (tertiary/aromatic N) is 2. The largest absolute Gasteiger partial charge is 0.495 e.